The quantitative estimate of drug-likeness (QED) is 0.638. The van der Waals surface area contributed by atoms with Crippen LogP contribution in [0.5, 0.6) is 11.5 Å². The van der Waals surface area contributed by atoms with Crippen LogP contribution < -0.4 is 0 Å². The van der Waals surface area contributed by atoms with E-state index in [2.05, 4.69) is 27.6 Å². The average Bonchev–Trinajstić information content (AvgIpc) is 2.33. The van der Waals surface area contributed by atoms with E-state index in [4.69, 9.17) is 0 Å². The number of benzene rings is 2. The highest BCUT2D eigenvalue weighted by Gasteiger charge is 2.04. The van der Waals surface area contributed by atoms with Gasteiger partial charge in [0.2, 0.25) is 0 Å². The molecule has 0 radical (unpaired) electrons. The van der Waals surface area contributed by atoms with Gasteiger partial charge in [-0.2, -0.15) is 0 Å². The monoisotopic (exact) mass is 353 g/mol. The molecule has 2 aromatic rings. The van der Waals surface area contributed by atoms with E-state index in [0.717, 1.165) is 9.13 Å². The Balaban J connectivity index is 2.38. The number of aromatic hydroxyl groups is 2. The van der Waals surface area contributed by atoms with E-state index < -0.39 is 0 Å². The molecule has 0 spiro atoms. The molecule has 0 bridgehead atoms. The van der Waals surface area contributed by atoms with Gasteiger partial charge in [0, 0.05) is 11.8 Å². The number of rotatable bonds is 2. The van der Waals surface area contributed by atoms with Crippen LogP contribution in [0.4, 0.5) is 5.69 Å². The summed E-state index contributed by atoms with van der Waals surface area (Å²) in [5.41, 5.74) is 2.17. The Hall–Kier alpha value is -1.56. The predicted octanol–water partition coefficient (Wildman–Crippen LogP) is 3.76. The molecule has 18 heavy (non-hydrogen) atoms. The second-order valence-electron chi connectivity index (χ2n) is 3.93. The average molecular weight is 353 g/mol. The Morgan fingerprint density at radius 1 is 1.17 bits per heavy atom. The van der Waals surface area contributed by atoms with Crippen LogP contribution in [0.25, 0.3) is 0 Å². The number of para-hydroxylation sites is 2. The van der Waals surface area contributed by atoms with Crippen LogP contribution in [0.1, 0.15) is 11.1 Å². The molecular weight excluding hydrogens is 341 g/mol. The molecule has 0 heterocycles. The van der Waals surface area contributed by atoms with E-state index in [1.165, 1.54) is 0 Å². The molecule has 0 saturated carbocycles. The first kappa shape index (κ1) is 12.9. The number of phenolic OH excluding ortho intramolecular Hbond substituents is 2. The van der Waals surface area contributed by atoms with Crippen molar-refractivity contribution in [3.63, 3.8) is 0 Å². The van der Waals surface area contributed by atoms with Crippen LogP contribution in [0.2, 0.25) is 0 Å². The van der Waals surface area contributed by atoms with Crippen molar-refractivity contribution in [1.82, 2.24) is 0 Å². The second kappa shape index (κ2) is 5.39. The molecule has 3 nitrogen and oxygen atoms in total. The summed E-state index contributed by atoms with van der Waals surface area (Å²) in [5.74, 6) is 0.330. The van der Waals surface area contributed by atoms with Gasteiger partial charge in [-0.15, -0.1) is 0 Å². The van der Waals surface area contributed by atoms with Gasteiger partial charge in [0.1, 0.15) is 17.2 Å². The topological polar surface area (TPSA) is 52.8 Å². The van der Waals surface area contributed by atoms with Gasteiger partial charge in [-0.1, -0.05) is 12.1 Å². The molecule has 2 aromatic carbocycles. The fraction of sp³-hybridized carbons (Fsp3) is 0.0714. The lowest BCUT2D eigenvalue weighted by atomic mass is 10.1. The number of halogens is 1. The third kappa shape index (κ3) is 2.81. The number of phenols is 2. The summed E-state index contributed by atoms with van der Waals surface area (Å²) in [7, 11) is 0. The first-order valence-corrected chi connectivity index (χ1v) is 6.47. The summed E-state index contributed by atoms with van der Waals surface area (Å²) in [6, 6.07) is 10.6. The predicted molar refractivity (Wildman–Crippen MR) is 80.9 cm³/mol. The zero-order valence-electron chi connectivity index (χ0n) is 9.76. The molecule has 92 valence electrons. The third-order valence-electron chi connectivity index (χ3n) is 2.46. The van der Waals surface area contributed by atoms with Crippen molar-refractivity contribution >= 4 is 34.5 Å². The first-order chi connectivity index (χ1) is 8.58. The number of nitrogens with zero attached hydrogens (tertiary/aromatic N) is 1. The minimum Gasteiger partial charge on any atom is -0.506 e. The Labute approximate surface area is 119 Å². The van der Waals surface area contributed by atoms with Crippen LogP contribution in [0.3, 0.4) is 0 Å². The molecule has 2 rings (SSSR count). The van der Waals surface area contributed by atoms with Gasteiger partial charge in [-0.25, -0.2) is 0 Å². The van der Waals surface area contributed by atoms with Gasteiger partial charge in [0.05, 0.1) is 3.57 Å². The van der Waals surface area contributed by atoms with E-state index in [1.807, 2.05) is 19.1 Å². The lowest BCUT2D eigenvalue weighted by Gasteiger charge is -2.04. The molecule has 0 atom stereocenters. The van der Waals surface area contributed by atoms with Crippen molar-refractivity contribution in [2.75, 3.05) is 0 Å². The highest BCUT2D eigenvalue weighted by molar-refractivity contribution is 14.1. The molecule has 0 fully saturated rings. The minimum absolute atomic E-state index is 0.121. The van der Waals surface area contributed by atoms with Crippen LogP contribution in [-0.2, 0) is 0 Å². The maximum Gasteiger partial charge on any atom is 0.141 e. The fourth-order valence-electron chi connectivity index (χ4n) is 1.57. The van der Waals surface area contributed by atoms with Crippen molar-refractivity contribution in [3.05, 3.63) is 51.1 Å². The summed E-state index contributed by atoms with van der Waals surface area (Å²) in [4.78, 5) is 4.18. The SMILES string of the molecule is Cc1cc(I)c(O)c(C=Nc2ccccc2O)c1. The maximum atomic E-state index is 9.91. The summed E-state index contributed by atoms with van der Waals surface area (Å²) >= 11 is 2.08. The number of aliphatic imine (C=N–C) groups is 1. The zero-order valence-corrected chi connectivity index (χ0v) is 11.9. The van der Waals surface area contributed by atoms with E-state index in [0.29, 0.717) is 11.3 Å². The molecule has 2 N–H and O–H groups in total. The molecule has 0 aliphatic rings. The molecule has 0 amide bonds. The first-order valence-electron chi connectivity index (χ1n) is 5.39. The summed E-state index contributed by atoms with van der Waals surface area (Å²) in [5, 5.41) is 19.5. The van der Waals surface area contributed by atoms with Gasteiger partial charge >= 0.3 is 0 Å². The molecule has 0 saturated heterocycles. The number of hydrogen-bond donors (Lipinski definition) is 2. The Morgan fingerprint density at radius 3 is 2.61 bits per heavy atom. The molecule has 0 unspecified atom stereocenters. The van der Waals surface area contributed by atoms with Gasteiger partial charge in [0.15, 0.2) is 0 Å². The lowest BCUT2D eigenvalue weighted by molar-refractivity contribution is 0.470. The summed E-state index contributed by atoms with van der Waals surface area (Å²) in [6.45, 7) is 1.96. The Bertz CT molecular complexity index is 609. The normalized spacial score (nSPS) is 11.0. The molecule has 0 aliphatic carbocycles. The van der Waals surface area contributed by atoms with E-state index in [-0.39, 0.29) is 11.5 Å². The highest BCUT2D eigenvalue weighted by atomic mass is 127. The second-order valence-corrected chi connectivity index (χ2v) is 5.09. The molecule has 0 aliphatic heterocycles. The van der Waals surface area contributed by atoms with E-state index in [9.17, 15) is 10.2 Å². The molecular formula is C14H12INO2. The molecule has 0 aromatic heterocycles. The van der Waals surface area contributed by atoms with Crippen LogP contribution in [0, 0.1) is 10.5 Å². The van der Waals surface area contributed by atoms with Gasteiger partial charge in [0.25, 0.3) is 0 Å². The van der Waals surface area contributed by atoms with Crippen molar-refractivity contribution in [2.45, 2.75) is 6.92 Å². The zero-order chi connectivity index (χ0) is 13.1. The van der Waals surface area contributed by atoms with Crippen LogP contribution in [-0.4, -0.2) is 16.4 Å². The fourth-order valence-corrected chi connectivity index (χ4v) is 2.37. The largest absolute Gasteiger partial charge is 0.506 e. The van der Waals surface area contributed by atoms with Crippen LogP contribution >= 0.6 is 22.6 Å². The van der Waals surface area contributed by atoms with Gasteiger partial charge < -0.3 is 10.2 Å². The van der Waals surface area contributed by atoms with Crippen molar-refractivity contribution in [3.8, 4) is 11.5 Å². The minimum atomic E-state index is 0.121. The van der Waals surface area contributed by atoms with Crippen molar-refractivity contribution < 1.29 is 10.2 Å². The third-order valence-corrected chi connectivity index (χ3v) is 3.28. The summed E-state index contributed by atoms with van der Waals surface area (Å²) < 4.78 is 0.784. The molecule has 4 heteroatoms. The Kier molecular flexibility index (Phi) is 3.86. The van der Waals surface area contributed by atoms with Crippen molar-refractivity contribution in [1.29, 1.82) is 0 Å². The lowest BCUT2D eigenvalue weighted by Crippen LogP contribution is -1.87. The summed E-state index contributed by atoms with van der Waals surface area (Å²) in [6.07, 6.45) is 1.56. The highest BCUT2D eigenvalue weighted by Crippen LogP contribution is 2.27. The Morgan fingerprint density at radius 2 is 1.89 bits per heavy atom. The van der Waals surface area contributed by atoms with Crippen molar-refractivity contribution in [2.24, 2.45) is 4.99 Å². The van der Waals surface area contributed by atoms with Gasteiger partial charge in [-0.3, -0.25) is 4.99 Å². The standard InChI is InChI=1S/C14H12INO2/c1-9-6-10(14(18)11(15)7-9)8-16-12-4-2-3-5-13(12)17/h2-8,17-18H,1H3. The van der Waals surface area contributed by atoms with E-state index in [1.54, 1.807) is 30.5 Å². The smallest absolute Gasteiger partial charge is 0.141 e. The van der Waals surface area contributed by atoms with Gasteiger partial charge in [-0.05, 0) is 59.3 Å². The van der Waals surface area contributed by atoms with Crippen LogP contribution in [0.15, 0.2) is 41.4 Å². The number of aryl methyl sites for hydroxylation is 1. The van der Waals surface area contributed by atoms with E-state index >= 15 is 0 Å². The number of hydrogen-bond acceptors (Lipinski definition) is 3. The maximum absolute atomic E-state index is 9.91.